The fourth-order valence-corrected chi connectivity index (χ4v) is 4.20. The van der Waals surface area contributed by atoms with Crippen molar-refractivity contribution in [1.29, 1.82) is 5.26 Å². The summed E-state index contributed by atoms with van der Waals surface area (Å²) in [5.74, 6) is 0. The van der Waals surface area contributed by atoms with Crippen LogP contribution in [0.2, 0.25) is 0 Å². The van der Waals surface area contributed by atoms with Crippen molar-refractivity contribution in [1.82, 2.24) is 9.62 Å². The lowest BCUT2D eigenvalue weighted by Crippen LogP contribution is -2.44. The van der Waals surface area contributed by atoms with Gasteiger partial charge >= 0.3 is 0 Å². The number of hydrogen-bond donors (Lipinski definition) is 1. The van der Waals surface area contributed by atoms with Crippen LogP contribution < -0.4 is 9.62 Å². The summed E-state index contributed by atoms with van der Waals surface area (Å²) >= 11 is 0. The first-order valence-electron chi connectivity index (χ1n) is 9.50. The Balaban J connectivity index is 1.83. The summed E-state index contributed by atoms with van der Waals surface area (Å²) in [5.41, 5.74) is 1.86. The SMILES string of the molecule is COCCNS(=O)(=O)/C(C#N)=C/c1ccc2cc(N3CCN(C)CC3)ccc2c1. The van der Waals surface area contributed by atoms with E-state index in [9.17, 15) is 13.7 Å². The third-order valence-electron chi connectivity index (χ3n) is 5.01. The van der Waals surface area contributed by atoms with E-state index in [1.165, 1.54) is 18.9 Å². The Morgan fingerprint density at radius 2 is 1.86 bits per heavy atom. The Bertz CT molecular complexity index is 1040. The summed E-state index contributed by atoms with van der Waals surface area (Å²) in [4.78, 5) is 4.38. The summed E-state index contributed by atoms with van der Waals surface area (Å²) in [6.45, 7) is 4.45. The van der Waals surface area contributed by atoms with Crippen molar-refractivity contribution < 1.29 is 13.2 Å². The molecule has 154 valence electrons. The van der Waals surface area contributed by atoms with Crippen LogP contribution in [0.1, 0.15) is 5.56 Å². The molecule has 0 aliphatic carbocycles. The highest BCUT2D eigenvalue weighted by molar-refractivity contribution is 7.93. The Kier molecular flexibility index (Phi) is 6.87. The number of piperazine rings is 1. The molecule has 0 atom stereocenters. The van der Waals surface area contributed by atoms with E-state index >= 15 is 0 Å². The molecule has 3 rings (SSSR count). The van der Waals surface area contributed by atoms with Crippen LogP contribution in [0.4, 0.5) is 5.69 Å². The zero-order valence-corrected chi connectivity index (χ0v) is 17.6. The Hall–Kier alpha value is -2.44. The number of benzene rings is 2. The van der Waals surface area contributed by atoms with E-state index in [1.807, 2.05) is 24.3 Å². The second-order valence-electron chi connectivity index (χ2n) is 7.09. The van der Waals surface area contributed by atoms with Gasteiger partial charge in [0.05, 0.1) is 6.61 Å². The maximum absolute atomic E-state index is 12.3. The van der Waals surface area contributed by atoms with Crippen molar-refractivity contribution in [2.24, 2.45) is 0 Å². The first kappa shape index (κ1) is 21.3. The summed E-state index contributed by atoms with van der Waals surface area (Å²) in [6, 6.07) is 13.8. The molecule has 0 bridgehead atoms. The lowest BCUT2D eigenvalue weighted by atomic mass is 10.1. The average molecular weight is 415 g/mol. The van der Waals surface area contributed by atoms with Gasteiger partial charge in [0.2, 0.25) is 0 Å². The van der Waals surface area contributed by atoms with Crippen molar-refractivity contribution in [2.45, 2.75) is 0 Å². The normalized spacial score (nSPS) is 16.2. The van der Waals surface area contributed by atoms with Crippen LogP contribution in [-0.2, 0) is 14.8 Å². The molecule has 29 heavy (non-hydrogen) atoms. The molecule has 1 heterocycles. The molecule has 2 aromatic carbocycles. The minimum absolute atomic E-state index is 0.116. The highest BCUT2D eigenvalue weighted by atomic mass is 32.2. The molecule has 0 radical (unpaired) electrons. The number of fused-ring (bicyclic) bond motifs is 1. The molecule has 8 heteroatoms. The van der Waals surface area contributed by atoms with E-state index in [2.05, 4.69) is 33.7 Å². The molecule has 1 aliphatic heterocycles. The molecule has 1 N–H and O–H groups in total. The number of rotatable bonds is 7. The third kappa shape index (κ3) is 5.34. The van der Waals surface area contributed by atoms with Crippen LogP contribution >= 0.6 is 0 Å². The van der Waals surface area contributed by atoms with Gasteiger partial charge in [-0.25, -0.2) is 13.1 Å². The van der Waals surface area contributed by atoms with E-state index < -0.39 is 10.0 Å². The second kappa shape index (κ2) is 9.37. The van der Waals surface area contributed by atoms with Crippen LogP contribution in [0.3, 0.4) is 0 Å². The average Bonchev–Trinajstić information content (AvgIpc) is 2.72. The maximum atomic E-state index is 12.3. The van der Waals surface area contributed by atoms with Gasteiger partial charge in [0.1, 0.15) is 6.07 Å². The van der Waals surface area contributed by atoms with Crippen LogP contribution in [0, 0.1) is 11.3 Å². The molecular weight excluding hydrogens is 388 g/mol. The molecule has 0 saturated carbocycles. The molecular formula is C21H26N4O3S. The molecule has 1 saturated heterocycles. The lowest BCUT2D eigenvalue weighted by molar-refractivity contribution is 0.204. The first-order valence-corrected chi connectivity index (χ1v) is 11.0. The van der Waals surface area contributed by atoms with E-state index in [-0.39, 0.29) is 18.1 Å². The molecule has 7 nitrogen and oxygen atoms in total. The molecule has 1 fully saturated rings. The quantitative estimate of drug-likeness (QED) is 0.551. The van der Waals surface area contributed by atoms with E-state index in [1.54, 1.807) is 6.07 Å². The molecule has 2 aromatic rings. The minimum atomic E-state index is -3.86. The highest BCUT2D eigenvalue weighted by Crippen LogP contribution is 2.25. The molecule has 0 amide bonds. The number of sulfonamides is 1. The van der Waals surface area contributed by atoms with E-state index in [4.69, 9.17) is 4.74 Å². The number of anilines is 1. The van der Waals surface area contributed by atoms with Crippen molar-refractivity contribution in [3.8, 4) is 6.07 Å². The Morgan fingerprint density at radius 1 is 1.17 bits per heavy atom. The van der Waals surface area contributed by atoms with Gasteiger partial charge in [-0.1, -0.05) is 18.2 Å². The van der Waals surface area contributed by atoms with Crippen LogP contribution in [0.15, 0.2) is 41.3 Å². The van der Waals surface area contributed by atoms with Gasteiger partial charge in [-0.05, 0) is 47.7 Å². The molecule has 0 aromatic heterocycles. The monoisotopic (exact) mass is 414 g/mol. The van der Waals surface area contributed by atoms with Crippen molar-refractivity contribution in [3.63, 3.8) is 0 Å². The highest BCUT2D eigenvalue weighted by Gasteiger charge is 2.17. The minimum Gasteiger partial charge on any atom is -0.383 e. The maximum Gasteiger partial charge on any atom is 0.250 e. The van der Waals surface area contributed by atoms with Gasteiger partial charge in [0.25, 0.3) is 10.0 Å². The largest absolute Gasteiger partial charge is 0.383 e. The third-order valence-corrected chi connectivity index (χ3v) is 6.38. The summed E-state index contributed by atoms with van der Waals surface area (Å²) in [5, 5.41) is 11.4. The Labute approximate surface area is 172 Å². The zero-order valence-electron chi connectivity index (χ0n) is 16.8. The first-order chi connectivity index (χ1) is 13.9. The van der Waals surface area contributed by atoms with Gasteiger partial charge in [-0.2, -0.15) is 5.26 Å². The number of likely N-dealkylation sites (N-methyl/N-ethyl adjacent to an activating group) is 1. The smallest absolute Gasteiger partial charge is 0.250 e. The van der Waals surface area contributed by atoms with Crippen LogP contribution in [0.25, 0.3) is 16.8 Å². The summed E-state index contributed by atoms with van der Waals surface area (Å²) in [7, 11) is -0.242. The number of allylic oxidation sites excluding steroid dienone is 1. The van der Waals surface area contributed by atoms with E-state index in [0.29, 0.717) is 5.56 Å². The van der Waals surface area contributed by atoms with Gasteiger partial charge in [0, 0.05) is 45.5 Å². The molecule has 0 unspecified atom stereocenters. The number of hydrogen-bond acceptors (Lipinski definition) is 6. The fraction of sp³-hybridized carbons (Fsp3) is 0.381. The standard InChI is InChI=1S/C21H26N4O3S/c1-24-8-10-25(11-9-24)20-6-5-18-13-17(3-4-19(18)15-20)14-21(16-22)29(26,27)23-7-12-28-2/h3-6,13-15,23H,7-12H2,1-2H3/b21-14+. The topological polar surface area (TPSA) is 85.7 Å². The van der Waals surface area contributed by atoms with Gasteiger partial charge < -0.3 is 14.5 Å². The van der Waals surface area contributed by atoms with Gasteiger partial charge in [-0.3, -0.25) is 0 Å². The Morgan fingerprint density at radius 3 is 2.55 bits per heavy atom. The number of nitriles is 1. The van der Waals surface area contributed by atoms with Crippen LogP contribution in [-0.4, -0.2) is 66.8 Å². The lowest BCUT2D eigenvalue weighted by Gasteiger charge is -2.34. The predicted octanol–water partition coefficient (Wildman–Crippen LogP) is 2.02. The molecule has 1 aliphatic rings. The predicted molar refractivity (Wildman–Crippen MR) is 116 cm³/mol. The number of nitrogens with zero attached hydrogens (tertiary/aromatic N) is 3. The zero-order chi connectivity index (χ0) is 20.9. The summed E-state index contributed by atoms with van der Waals surface area (Å²) < 4.78 is 31.8. The van der Waals surface area contributed by atoms with Crippen molar-refractivity contribution in [2.75, 3.05) is 58.4 Å². The molecule has 0 spiro atoms. The number of nitrogens with one attached hydrogen (secondary N) is 1. The second-order valence-corrected chi connectivity index (χ2v) is 8.83. The van der Waals surface area contributed by atoms with Crippen molar-refractivity contribution >= 4 is 32.6 Å². The summed E-state index contributed by atoms with van der Waals surface area (Å²) in [6.07, 6.45) is 1.39. The van der Waals surface area contributed by atoms with Gasteiger partial charge in [-0.15, -0.1) is 0 Å². The van der Waals surface area contributed by atoms with E-state index in [0.717, 1.165) is 37.0 Å². The number of methoxy groups -OCH3 is 1. The fourth-order valence-electron chi connectivity index (χ4n) is 3.28. The van der Waals surface area contributed by atoms with Crippen LogP contribution in [0.5, 0.6) is 0 Å². The van der Waals surface area contributed by atoms with Crippen molar-refractivity contribution in [3.05, 3.63) is 46.9 Å². The van der Waals surface area contributed by atoms with Gasteiger partial charge in [0.15, 0.2) is 4.91 Å². The number of ether oxygens (including phenoxy) is 1.